The minimum atomic E-state index is -1.04. The zero-order chi connectivity index (χ0) is 38.1. The Balaban J connectivity index is 1.94. The van der Waals surface area contributed by atoms with E-state index in [1.165, 1.54) is 14.2 Å². The smallest absolute Gasteiger partial charge is 0.342 e. The summed E-state index contributed by atoms with van der Waals surface area (Å²) in [4.78, 5) is 71.7. The van der Waals surface area contributed by atoms with Crippen LogP contribution in [0.1, 0.15) is 33.6 Å². The lowest BCUT2D eigenvalue weighted by Crippen LogP contribution is -2.18. The van der Waals surface area contributed by atoms with E-state index in [4.69, 9.17) is 47.4 Å². The van der Waals surface area contributed by atoms with Crippen LogP contribution < -0.4 is 9.47 Å². The average molecular weight is 741 g/mol. The predicted octanol–water partition coefficient (Wildman–Crippen LogP) is 2.47. The number of rotatable bonds is 27. The third kappa shape index (κ3) is 16.7. The Hall–Kier alpha value is -5.12. The number of nitro groups is 2. The van der Waals surface area contributed by atoms with Gasteiger partial charge in [-0.05, 0) is 12.1 Å². The maximum absolute atomic E-state index is 12.7. The largest absolute Gasteiger partial charge is 0.460 e. The van der Waals surface area contributed by atoms with Crippen molar-refractivity contribution in [2.75, 3.05) is 93.5 Å². The Morgan fingerprint density at radius 2 is 0.846 bits per heavy atom. The van der Waals surface area contributed by atoms with Gasteiger partial charge in [0.25, 0.3) is 11.4 Å². The number of benzene rings is 2. The molecule has 2 rings (SSSR count). The Morgan fingerprint density at radius 3 is 1.17 bits per heavy atom. The summed E-state index contributed by atoms with van der Waals surface area (Å²) < 4.78 is 51.3. The van der Waals surface area contributed by atoms with Crippen molar-refractivity contribution >= 4 is 35.3 Å². The van der Waals surface area contributed by atoms with Gasteiger partial charge in [-0.2, -0.15) is 0 Å². The van der Waals surface area contributed by atoms with E-state index in [2.05, 4.69) is 0 Å². The van der Waals surface area contributed by atoms with Crippen LogP contribution in [-0.2, 0) is 47.5 Å². The molecule has 0 aliphatic heterocycles. The summed E-state index contributed by atoms with van der Waals surface area (Å²) >= 11 is 0. The van der Waals surface area contributed by atoms with Crippen LogP contribution in [0, 0.1) is 20.2 Å². The van der Waals surface area contributed by atoms with Gasteiger partial charge < -0.3 is 47.4 Å². The first-order chi connectivity index (χ1) is 25.1. The maximum atomic E-state index is 12.7. The fourth-order valence-corrected chi connectivity index (χ4v) is 3.78. The second-order valence-corrected chi connectivity index (χ2v) is 10.0. The molecular formula is C32H40N2O18. The molecule has 0 bridgehead atoms. The van der Waals surface area contributed by atoms with E-state index in [1.54, 1.807) is 0 Å². The second-order valence-electron chi connectivity index (χ2n) is 10.0. The van der Waals surface area contributed by atoms with Gasteiger partial charge in [0, 0.05) is 38.5 Å². The van der Waals surface area contributed by atoms with Crippen LogP contribution in [0.3, 0.4) is 0 Å². The van der Waals surface area contributed by atoms with E-state index >= 15 is 0 Å². The molecule has 0 amide bonds. The Labute approximate surface area is 297 Å². The van der Waals surface area contributed by atoms with Crippen LogP contribution in [0.4, 0.5) is 11.4 Å². The normalized spacial score (nSPS) is 10.7. The van der Waals surface area contributed by atoms with Crippen molar-refractivity contribution in [2.24, 2.45) is 0 Å². The molecule has 2 aromatic carbocycles. The number of methoxy groups -OCH3 is 2. The molecule has 52 heavy (non-hydrogen) atoms. The molecule has 0 aromatic heterocycles. The quantitative estimate of drug-likeness (QED) is 0.0419. The molecule has 20 heteroatoms. The molecule has 20 nitrogen and oxygen atoms in total. The lowest BCUT2D eigenvalue weighted by Gasteiger charge is -2.12. The molecule has 2 aromatic rings. The highest BCUT2D eigenvalue weighted by molar-refractivity contribution is 5.95. The van der Waals surface area contributed by atoms with Gasteiger partial charge in [-0.25, -0.2) is 9.59 Å². The van der Waals surface area contributed by atoms with Gasteiger partial charge in [0.05, 0.1) is 88.8 Å². The fraction of sp³-hybridized carbons (Fsp3) is 0.500. The van der Waals surface area contributed by atoms with Crippen molar-refractivity contribution in [3.05, 3.63) is 67.8 Å². The van der Waals surface area contributed by atoms with E-state index < -0.39 is 69.1 Å². The van der Waals surface area contributed by atoms with Crippen molar-refractivity contribution < 1.29 is 76.4 Å². The topological polar surface area (TPSA) is 247 Å². The summed E-state index contributed by atoms with van der Waals surface area (Å²) in [5.41, 5.74) is -1.81. The van der Waals surface area contributed by atoms with Crippen LogP contribution in [0.2, 0.25) is 0 Å². The summed E-state index contributed by atoms with van der Waals surface area (Å²) in [5, 5.41) is 22.6. The molecule has 0 aliphatic rings. The molecule has 0 unspecified atom stereocenters. The lowest BCUT2D eigenvalue weighted by atomic mass is 10.1. The molecule has 0 atom stereocenters. The standard InChI is InChI=1S/C32H40N2O18/c1-43-9-11-45-13-15-47-17-19-49-31(37)25-21-23(33(39)40)3-5-27(25)51-29(35)7-8-30(36)52-28-6-4-24(34(41)42)22-26(28)32(38)50-20-18-48-16-14-46-12-10-44-2/h3-6,21-22H,7-20H2,1-2H3. The number of hydrogen-bond donors (Lipinski definition) is 0. The summed E-state index contributed by atoms with van der Waals surface area (Å²) in [5.74, 6) is -4.87. The monoisotopic (exact) mass is 740 g/mol. The molecule has 0 spiro atoms. The van der Waals surface area contributed by atoms with Crippen LogP contribution in [0.15, 0.2) is 36.4 Å². The van der Waals surface area contributed by atoms with Gasteiger partial charge in [0.1, 0.15) is 35.8 Å². The summed E-state index contributed by atoms with van der Waals surface area (Å²) in [6.45, 7) is 2.10. The first-order valence-corrected chi connectivity index (χ1v) is 15.7. The highest BCUT2D eigenvalue weighted by Gasteiger charge is 2.24. The maximum Gasteiger partial charge on any atom is 0.342 e. The number of hydrogen-bond acceptors (Lipinski definition) is 18. The van der Waals surface area contributed by atoms with Crippen molar-refractivity contribution in [1.29, 1.82) is 0 Å². The van der Waals surface area contributed by atoms with Crippen molar-refractivity contribution in [3.63, 3.8) is 0 Å². The van der Waals surface area contributed by atoms with Gasteiger partial charge in [-0.3, -0.25) is 29.8 Å². The number of nitro benzene ring substituents is 2. The minimum Gasteiger partial charge on any atom is -0.460 e. The van der Waals surface area contributed by atoms with Crippen molar-refractivity contribution in [1.82, 2.24) is 0 Å². The molecule has 0 radical (unpaired) electrons. The van der Waals surface area contributed by atoms with E-state index in [0.29, 0.717) is 26.4 Å². The van der Waals surface area contributed by atoms with E-state index in [-0.39, 0.29) is 64.4 Å². The van der Waals surface area contributed by atoms with Gasteiger partial charge in [-0.1, -0.05) is 0 Å². The highest BCUT2D eigenvalue weighted by atomic mass is 16.6. The molecule has 0 heterocycles. The summed E-state index contributed by atoms with van der Waals surface area (Å²) in [7, 11) is 3.07. The second kappa shape index (κ2) is 24.9. The summed E-state index contributed by atoms with van der Waals surface area (Å²) in [6.07, 6.45) is -1.19. The highest BCUT2D eigenvalue weighted by Crippen LogP contribution is 2.27. The predicted molar refractivity (Wildman–Crippen MR) is 174 cm³/mol. The number of nitrogens with zero attached hydrogens (tertiary/aromatic N) is 2. The molecule has 0 fully saturated rings. The average Bonchev–Trinajstić information content (AvgIpc) is 3.12. The van der Waals surface area contributed by atoms with Crippen LogP contribution in [-0.4, -0.2) is 127 Å². The lowest BCUT2D eigenvalue weighted by molar-refractivity contribution is -0.385. The molecule has 286 valence electrons. The number of carbonyl (C=O) groups is 4. The van der Waals surface area contributed by atoms with Crippen molar-refractivity contribution in [2.45, 2.75) is 12.8 Å². The zero-order valence-electron chi connectivity index (χ0n) is 28.6. The van der Waals surface area contributed by atoms with Gasteiger partial charge in [0.15, 0.2) is 0 Å². The van der Waals surface area contributed by atoms with Gasteiger partial charge in [-0.15, -0.1) is 0 Å². The van der Waals surface area contributed by atoms with E-state index in [0.717, 1.165) is 36.4 Å². The van der Waals surface area contributed by atoms with E-state index in [1.807, 2.05) is 0 Å². The summed E-state index contributed by atoms with van der Waals surface area (Å²) in [6, 6.07) is 5.78. The zero-order valence-corrected chi connectivity index (χ0v) is 28.6. The van der Waals surface area contributed by atoms with Gasteiger partial charge >= 0.3 is 23.9 Å². The molecular weight excluding hydrogens is 700 g/mol. The Bertz CT molecular complexity index is 1370. The first kappa shape index (κ1) is 43.0. The third-order valence-electron chi connectivity index (χ3n) is 6.30. The number of esters is 4. The minimum absolute atomic E-state index is 0.0139. The van der Waals surface area contributed by atoms with Crippen LogP contribution in [0.25, 0.3) is 0 Å². The van der Waals surface area contributed by atoms with Crippen molar-refractivity contribution in [3.8, 4) is 11.5 Å². The first-order valence-electron chi connectivity index (χ1n) is 15.7. The Kier molecular flexibility index (Phi) is 20.6. The third-order valence-corrected chi connectivity index (χ3v) is 6.30. The van der Waals surface area contributed by atoms with Gasteiger partial charge in [0.2, 0.25) is 0 Å². The SMILES string of the molecule is COCCOCCOCCOC(=O)c1cc([N+](=O)[O-])ccc1OC(=O)CCC(=O)Oc1ccc([N+](=O)[O-])cc1C(=O)OCCOCCOCCOC. The molecule has 0 aliphatic carbocycles. The molecule has 0 saturated carbocycles. The van der Waals surface area contributed by atoms with Crippen LogP contribution in [0.5, 0.6) is 11.5 Å². The Morgan fingerprint density at radius 1 is 0.519 bits per heavy atom. The molecule has 0 saturated heterocycles. The van der Waals surface area contributed by atoms with E-state index in [9.17, 15) is 39.4 Å². The number of carbonyl (C=O) groups excluding carboxylic acids is 4. The van der Waals surface area contributed by atoms with Crippen LogP contribution >= 0.6 is 0 Å². The fourth-order valence-electron chi connectivity index (χ4n) is 3.78. The number of ether oxygens (including phenoxy) is 10. The molecule has 0 N–H and O–H groups in total. The number of non-ortho nitro benzene ring substituents is 2.